The van der Waals surface area contributed by atoms with Gasteiger partial charge in [0, 0.05) is 12.6 Å². The molecule has 1 fully saturated rings. The van der Waals surface area contributed by atoms with Crippen molar-refractivity contribution in [3.8, 4) is 0 Å². The molecule has 0 aromatic heterocycles. The number of carbonyl (C=O) groups excluding carboxylic acids is 1. The monoisotopic (exact) mass is 381 g/mol. The largest absolute Gasteiger partial charge is 0.464 e. The molecule has 1 aliphatic heterocycles. The van der Waals surface area contributed by atoms with Gasteiger partial charge < -0.3 is 9.47 Å². The summed E-state index contributed by atoms with van der Waals surface area (Å²) >= 11 is 0. The molecule has 0 saturated carbocycles. The molecule has 0 unspecified atom stereocenters. The molecule has 2 aromatic rings. The van der Waals surface area contributed by atoms with Gasteiger partial charge in [0.25, 0.3) is 0 Å². The highest BCUT2D eigenvalue weighted by Crippen LogP contribution is 2.32. The molecule has 1 saturated heterocycles. The van der Waals surface area contributed by atoms with Gasteiger partial charge in [-0.15, -0.1) is 0 Å². The maximum Gasteiger partial charge on any atom is 0.339 e. The molecule has 0 spiro atoms. The van der Waals surface area contributed by atoms with Crippen LogP contribution in [0.4, 0.5) is 0 Å². The summed E-state index contributed by atoms with van der Waals surface area (Å²) in [7, 11) is 0. The standard InChI is InChI=1S/C24H31NO3/c1-3-27-23(26)24(2,28-19-21-14-8-5-9-15-21)22-16-10-11-17-25(22)18-20-12-6-4-7-13-20/h4-9,12-15,22H,3,10-11,16-19H2,1-2H3/t22-,24+/m0/s1. The van der Waals surface area contributed by atoms with Gasteiger partial charge in [0.15, 0.2) is 5.60 Å². The van der Waals surface area contributed by atoms with E-state index in [4.69, 9.17) is 9.47 Å². The Morgan fingerprint density at radius 3 is 2.32 bits per heavy atom. The van der Waals surface area contributed by atoms with Gasteiger partial charge in [-0.05, 0) is 44.4 Å². The first-order valence-electron chi connectivity index (χ1n) is 10.3. The van der Waals surface area contributed by atoms with Crippen molar-refractivity contribution in [2.75, 3.05) is 13.2 Å². The number of nitrogens with zero attached hydrogens (tertiary/aromatic N) is 1. The van der Waals surface area contributed by atoms with Crippen molar-refractivity contribution in [3.05, 3.63) is 71.8 Å². The van der Waals surface area contributed by atoms with Crippen LogP contribution in [0.2, 0.25) is 0 Å². The fraction of sp³-hybridized carbons (Fsp3) is 0.458. The second kappa shape index (κ2) is 9.85. The van der Waals surface area contributed by atoms with Crippen LogP contribution in [0.1, 0.15) is 44.2 Å². The summed E-state index contributed by atoms with van der Waals surface area (Å²) in [5.74, 6) is -0.268. The summed E-state index contributed by atoms with van der Waals surface area (Å²) in [5, 5.41) is 0. The third-order valence-electron chi connectivity index (χ3n) is 5.54. The van der Waals surface area contributed by atoms with E-state index in [1.807, 2.05) is 50.2 Å². The first-order chi connectivity index (χ1) is 13.6. The minimum absolute atomic E-state index is 0.00998. The molecule has 3 rings (SSSR count). The third-order valence-corrected chi connectivity index (χ3v) is 5.54. The fourth-order valence-electron chi connectivity index (χ4n) is 4.00. The highest BCUT2D eigenvalue weighted by atomic mass is 16.6. The van der Waals surface area contributed by atoms with Crippen LogP contribution >= 0.6 is 0 Å². The molecule has 0 aliphatic carbocycles. The fourth-order valence-corrected chi connectivity index (χ4v) is 4.00. The second-order valence-corrected chi connectivity index (χ2v) is 7.57. The summed E-state index contributed by atoms with van der Waals surface area (Å²) in [6.45, 7) is 6.28. The molecule has 1 aliphatic rings. The first kappa shape index (κ1) is 20.6. The predicted octanol–water partition coefficient (Wildman–Crippen LogP) is 4.58. The number of benzene rings is 2. The molecule has 2 aromatic carbocycles. The average molecular weight is 382 g/mol. The van der Waals surface area contributed by atoms with E-state index in [2.05, 4.69) is 29.2 Å². The lowest BCUT2D eigenvalue weighted by Gasteiger charge is -2.44. The van der Waals surface area contributed by atoms with Gasteiger partial charge in [-0.1, -0.05) is 67.1 Å². The number of hydrogen-bond donors (Lipinski definition) is 0. The molecule has 0 amide bonds. The molecular weight excluding hydrogens is 350 g/mol. The zero-order chi connectivity index (χ0) is 19.8. The van der Waals surface area contributed by atoms with Crippen LogP contribution in [0, 0.1) is 0 Å². The van der Waals surface area contributed by atoms with Crippen molar-refractivity contribution in [1.29, 1.82) is 0 Å². The topological polar surface area (TPSA) is 38.8 Å². The van der Waals surface area contributed by atoms with Crippen LogP contribution in [-0.2, 0) is 27.4 Å². The summed E-state index contributed by atoms with van der Waals surface area (Å²) in [4.78, 5) is 15.4. The zero-order valence-electron chi connectivity index (χ0n) is 17.0. The number of piperidine rings is 1. The molecule has 2 atom stereocenters. The summed E-state index contributed by atoms with van der Waals surface area (Å²) in [6.07, 6.45) is 3.16. The van der Waals surface area contributed by atoms with E-state index in [9.17, 15) is 4.79 Å². The van der Waals surface area contributed by atoms with Gasteiger partial charge in [0.1, 0.15) is 0 Å². The summed E-state index contributed by atoms with van der Waals surface area (Å²) < 4.78 is 11.8. The quantitative estimate of drug-likeness (QED) is 0.628. The molecule has 4 heteroatoms. The van der Waals surface area contributed by atoms with E-state index >= 15 is 0 Å². The molecule has 0 bridgehead atoms. The van der Waals surface area contributed by atoms with Gasteiger partial charge >= 0.3 is 5.97 Å². The lowest BCUT2D eigenvalue weighted by atomic mass is 9.86. The predicted molar refractivity (Wildman–Crippen MR) is 111 cm³/mol. The molecule has 28 heavy (non-hydrogen) atoms. The Morgan fingerprint density at radius 2 is 1.68 bits per heavy atom. The molecule has 1 heterocycles. The number of ether oxygens (including phenoxy) is 2. The van der Waals surface area contributed by atoms with Crippen LogP contribution in [0.15, 0.2) is 60.7 Å². The summed E-state index contributed by atoms with van der Waals surface area (Å²) in [6, 6.07) is 20.4. The van der Waals surface area contributed by atoms with Crippen LogP contribution in [0.3, 0.4) is 0 Å². The Hall–Kier alpha value is -2.17. The van der Waals surface area contributed by atoms with Crippen LogP contribution < -0.4 is 0 Å². The molecule has 150 valence electrons. The normalized spacial score (nSPS) is 19.7. The number of hydrogen-bond acceptors (Lipinski definition) is 4. The minimum Gasteiger partial charge on any atom is -0.464 e. The van der Waals surface area contributed by atoms with Crippen LogP contribution in [0.5, 0.6) is 0 Å². The van der Waals surface area contributed by atoms with Gasteiger partial charge in [-0.25, -0.2) is 4.79 Å². The average Bonchev–Trinajstić information content (AvgIpc) is 2.74. The Bertz CT molecular complexity index is 734. The van der Waals surface area contributed by atoms with Crippen molar-refractivity contribution in [2.45, 2.75) is 57.9 Å². The first-order valence-corrected chi connectivity index (χ1v) is 10.3. The SMILES string of the molecule is CCOC(=O)[C@](C)(OCc1ccccc1)[C@@H]1CCCCN1Cc1ccccc1. The highest BCUT2D eigenvalue weighted by molar-refractivity contribution is 5.80. The van der Waals surface area contributed by atoms with Gasteiger partial charge in [-0.2, -0.15) is 0 Å². The lowest BCUT2D eigenvalue weighted by molar-refractivity contribution is -0.185. The third kappa shape index (κ3) is 5.00. The molecule has 4 nitrogen and oxygen atoms in total. The van der Waals surface area contributed by atoms with Crippen LogP contribution in [-0.4, -0.2) is 35.7 Å². The Morgan fingerprint density at radius 1 is 1.04 bits per heavy atom. The molecular formula is C24H31NO3. The lowest BCUT2D eigenvalue weighted by Crippen LogP contribution is -2.59. The summed E-state index contributed by atoms with van der Waals surface area (Å²) in [5.41, 5.74) is 1.31. The van der Waals surface area contributed by atoms with Crippen molar-refractivity contribution < 1.29 is 14.3 Å². The minimum atomic E-state index is -0.999. The zero-order valence-corrected chi connectivity index (χ0v) is 17.0. The van der Waals surface area contributed by atoms with E-state index in [0.29, 0.717) is 13.2 Å². The molecule has 0 N–H and O–H groups in total. The van der Waals surface area contributed by atoms with E-state index in [0.717, 1.165) is 37.9 Å². The van der Waals surface area contributed by atoms with Gasteiger partial charge in [-0.3, -0.25) is 4.90 Å². The maximum absolute atomic E-state index is 13.0. The van der Waals surface area contributed by atoms with Crippen molar-refractivity contribution in [1.82, 2.24) is 4.90 Å². The highest BCUT2D eigenvalue weighted by Gasteiger charge is 2.47. The van der Waals surface area contributed by atoms with Gasteiger partial charge in [0.2, 0.25) is 0 Å². The van der Waals surface area contributed by atoms with Crippen molar-refractivity contribution in [2.24, 2.45) is 0 Å². The van der Waals surface area contributed by atoms with E-state index < -0.39 is 5.60 Å². The number of rotatable bonds is 8. The number of carbonyl (C=O) groups is 1. The second-order valence-electron chi connectivity index (χ2n) is 7.57. The smallest absolute Gasteiger partial charge is 0.339 e. The van der Waals surface area contributed by atoms with Crippen LogP contribution in [0.25, 0.3) is 0 Å². The number of likely N-dealkylation sites (tertiary alicyclic amines) is 1. The van der Waals surface area contributed by atoms with E-state index in [1.165, 1.54) is 5.56 Å². The van der Waals surface area contributed by atoms with E-state index in [-0.39, 0.29) is 12.0 Å². The molecule has 0 radical (unpaired) electrons. The van der Waals surface area contributed by atoms with E-state index in [1.54, 1.807) is 0 Å². The van der Waals surface area contributed by atoms with Crippen molar-refractivity contribution >= 4 is 5.97 Å². The Labute approximate surface area is 168 Å². The van der Waals surface area contributed by atoms with Gasteiger partial charge in [0.05, 0.1) is 13.2 Å². The Kier molecular flexibility index (Phi) is 7.24. The van der Waals surface area contributed by atoms with Crippen molar-refractivity contribution in [3.63, 3.8) is 0 Å². The Balaban J connectivity index is 1.82. The number of esters is 1. The maximum atomic E-state index is 13.0.